The summed E-state index contributed by atoms with van der Waals surface area (Å²) in [6, 6.07) is 1.60. The number of hydrogen-bond acceptors (Lipinski definition) is 4. The van der Waals surface area contributed by atoms with Crippen molar-refractivity contribution in [1.82, 2.24) is 10.5 Å². The van der Waals surface area contributed by atoms with Crippen molar-refractivity contribution in [3.05, 3.63) is 11.8 Å². The highest BCUT2D eigenvalue weighted by atomic mass is 16.5. The summed E-state index contributed by atoms with van der Waals surface area (Å²) >= 11 is 0. The topological polar surface area (TPSA) is 84.2 Å². The van der Waals surface area contributed by atoms with Crippen molar-refractivity contribution < 1.29 is 14.1 Å². The minimum absolute atomic E-state index is 0.0813. The Kier molecular flexibility index (Phi) is 3.88. The average Bonchev–Trinajstić information content (AvgIpc) is 2.58. The molecule has 1 rings (SSSR count). The van der Waals surface area contributed by atoms with Gasteiger partial charge in [0.05, 0.1) is 6.54 Å². The SMILES string of the molecule is Cc1cc(NC(=O)CNC(=O)C(C)(C)C)no1. The lowest BCUT2D eigenvalue weighted by Gasteiger charge is -2.17. The molecule has 0 saturated carbocycles. The molecule has 0 radical (unpaired) electrons. The third kappa shape index (κ3) is 4.26. The van der Waals surface area contributed by atoms with E-state index in [4.69, 9.17) is 4.52 Å². The second-order valence-corrected chi connectivity index (χ2v) is 4.80. The van der Waals surface area contributed by atoms with Gasteiger partial charge in [-0.05, 0) is 6.92 Å². The Bertz CT molecular complexity index is 418. The first-order valence-electron chi connectivity index (χ1n) is 5.30. The Balaban J connectivity index is 2.39. The van der Waals surface area contributed by atoms with Crippen LogP contribution in [0.15, 0.2) is 10.6 Å². The molecule has 0 atom stereocenters. The number of carbonyl (C=O) groups is 2. The summed E-state index contributed by atoms with van der Waals surface area (Å²) in [6.07, 6.45) is 0. The average molecular weight is 239 g/mol. The van der Waals surface area contributed by atoms with Crippen LogP contribution in [0.4, 0.5) is 5.82 Å². The molecule has 6 heteroatoms. The number of nitrogens with one attached hydrogen (secondary N) is 2. The van der Waals surface area contributed by atoms with Crippen LogP contribution < -0.4 is 10.6 Å². The molecule has 1 aromatic rings. The van der Waals surface area contributed by atoms with Crippen LogP contribution in [0.1, 0.15) is 26.5 Å². The van der Waals surface area contributed by atoms with Crippen LogP contribution in [0.3, 0.4) is 0 Å². The van der Waals surface area contributed by atoms with E-state index in [2.05, 4.69) is 15.8 Å². The van der Waals surface area contributed by atoms with E-state index in [1.54, 1.807) is 33.8 Å². The van der Waals surface area contributed by atoms with Gasteiger partial charge >= 0.3 is 0 Å². The molecule has 0 fully saturated rings. The first kappa shape index (κ1) is 13.2. The van der Waals surface area contributed by atoms with Gasteiger partial charge in [0.2, 0.25) is 11.8 Å². The van der Waals surface area contributed by atoms with Crippen molar-refractivity contribution in [2.24, 2.45) is 5.41 Å². The van der Waals surface area contributed by atoms with Gasteiger partial charge in [-0.1, -0.05) is 25.9 Å². The third-order valence-electron chi connectivity index (χ3n) is 1.99. The lowest BCUT2D eigenvalue weighted by Crippen LogP contribution is -2.39. The van der Waals surface area contributed by atoms with E-state index in [1.165, 1.54) is 0 Å². The first-order valence-corrected chi connectivity index (χ1v) is 5.30. The van der Waals surface area contributed by atoms with Crippen molar-refractivity contribution in [1.29, 1.82) is 0 Å². The van der Waals surface area contributed by atoms with E-state index in [0.29, 0.717) is 11.6 Å². The Labute approximate surface area is 99.7 Å². The quantitative estimate of drug-likeness (QED) is 0.826. The molecular formula is C11H17N3O3. The van der Waals surface area contributed by atoms with Gasteiger partial charge in [0.15, 0.2) is 5.82 Å². The van der Waals surface area contributed by atoms with E-state index >= 15 is 0 Å². The Morgan fingerprint density at radius 2 is 2.06 bits per heavy atom. The Hall–Kier alpha value is -1.85. The largest absolute Gasteiger partial charge is 0.360 e. The highest BCUT2D eigenvalue weighted by Crippen LogP contribution is 2.12. The monoisotopic (exact) mass is 239 g/mol. The van der Waals surface area contributed by atoms with Gasteiger partial charge in [-0.15, -0.1) is 0 Å². The molecule has 1 aromatic heterocycles. The number of rotatable bonds is 3. The summed E-state index contributed by atoms with van der Waals surface area (Å²) < 4.78 is 4.79. The number of hydrogen-bond donors (Lipinski definition) is 2. The van der Waals surface area contributed by atoms with Gasteiger partial charge in [0.25, 0.3) is 0 Å². The molecule has 6 nitrogen and oxygen atoms in total. The lowest BCUT2D eigenvalue weighted by molar-refractivity contribution is -0.130. The summed E-state index contributed by atoms with van der Waals surface area (Å²) in [5.41, 5.74) is -0.509. The molecule has 17 heavy (non-hydrogen) atoms. The zero-order valence-corrected chi connectivity index (χ0v) is 10.5. The van der Waals surface area contributed by atoms with Gasteiger partial charge < -0.3 is 15.2 Å². The molecule has 1 heterocycles. The fourth-order valence-electron chi connectivity index (χ4n) is 1.04. The van der Waals surface area contributed by atoms with Crippen molar-refractivity contribution in [2.75, 3.05) is 11.9 Å². The van der Waals surface area contributed by atoms with Crippen LogP contribution in [0, 0.1) is 12.3 Å². The Morgan fingerprint density at radius 3 is 2.53 bits per heavy atom. The van der Waals surface area contributed by atoms with Gasteiger partial charge in [-0.3, -0.25) is 9.59 Å². The fraction of sp³-hybridized carbons (Fsp3) is 0.545. The highest BCUT2D eigenvalue weighted by molar-refractivity contribution is 5.94. The zero-order valence-electron chi connectivity index (χ0n) is 10.5. The van der Waals surface area contributed by atoms with E-state index in [0.717, 1.165) is 0 Å². The predicted octanol–water partition coefficient (Wildman–Crippen LogP) is 1.08. The maximum Gasteiger partial charge on any atom is 0.245 e. The van der Waals surface area contributed by atoms with E-state index in [-0.39, 0.29) is 18.4 Å². The minimum Gasteiger partial charge on any atom is -0.360 e. The molecule has 2 N–H and O–H groups in total. The van der Waals surface area contributed by atoms with Crippen molar-refractivity contribution in [3.8, 4) is 0 Å². The Morgan fingerprint density at radius 1 is 1.41 bits per heavy atom. The molecule has 0 bridgehead atoms. The number of nitrogens with zero attached hydrogens (tertiary/aromatic N) is 1. The second kappa shape index (κ2) is 4.99. The molecule has 0 saturated heterocycles. The molecule has 0 aliphatic heterocycles. The fourth-order valence-corrected chi connectivity index (χ4v) is 1.04. The second-order valence-electron chi connectivity index (χ2n) is 4.80. The maximum absolute atomic E-state index is 11.5. The molecule has 0 spiro atoms. The number of amides is 2. The molecule has 0 aliphatic rings. The van der Waals surface area contributed by atoms with Crippen molar-refractivity contribution in [2.45, 2.75) is 27.7 Å². The molecule has 94 valence electrons. The highest BCUT2D eigenvalue weighted by Gasteiger charge is 2.21. The van der Waals surface area contributed by atoms with Crippen LogP contribution in [-0.4, -0.2) is 23.5 Å². The van der Waals surface area contributed by atoms with Crippen LogP contribution in [0.5, 0.6) is 0 Å². The molecule has 0 aromatic carbocycles. The minimum atomic E-state index is -0.509. The predicted molar refractivity (Wildman–Crippen MR) is 62.3 cm³/mol. The third-order valence-corrected chi connectivity index (χ3v) is 1.99. The van der Waals surface area contributed by atoms with Crippen LogP contribution in [-0.2, 0) is 9.59 Å². The van der Waals surface area contributed by atoms with Crippen LogP contribution >= 0.6 is 0 Å². The van der Waals surface area contributed by atoms with E-state index in [1.807, 2.05) is 0 Å². The lowest BCUT2D eigenvalue weighted by atomic mass is 9.96. The molecule has 0 aliphatic carbocycles. The van der Waals surface area contributed by atoms with Gasteiger partial charge in [0.1, 0.15) is 5.76 Å². The van der Waals surface area contributed by atoms with Crippen LogP contribution in [0.25, 0.3) is 0 Å². The van der Waals surface area contributed by atoms with Crippen molar-refractivity contribution in [3.63, 3.8) is 0 Å². The number of carbonyl (C=O) groups excluding carboxylic acids is 2. The summed E-state index contributed by atoms with van der Waals surface area (Å²) in [4.78, 5) is 22.9. The first-order chi connectivity index (χ1) is 7.79. The van der Waals surface area contributed by atoms with Gasteiger partial charge in [-0.25, -0.2) is 0 Å². The molecular weight excluding hydrogens is 222 g/mol. The normalized spacial score (nSPS) is 11.1. The summed E-state index contributed by atoms with van der Waals surface area (Å²) in [5, 5.41) is 8.66. The molecule has 0 unspecified atom stereocenters. The number of aromatic nitrogens is 1. The maximum atomic E-state index is 11.5. The van der Waals surface area contributed by atoms with Gasteiger partial charge in [0, 0.05) is 11.5 Å². The number of anilines is 1. The zero-order chi connectivity index (χ0) is 13.1. The summed E-state index contributed by atoms with van der Waals surface area (Å²) in [6.45, 7) is 6.98. The molecule has 2 amide bonds. The summed E-state index contributed by atoms with van der Waals surface area (Å²) in [7, 11) is 0. The standard InChI is InChI=1S/C11H17N3O3/c1-7-5-8(14-17-7)13-9(15)6-12-10(16)11(2,3)4/h5H,6H2,1-4H3,(H,12,16)(H,13,14,15). The van der Waals surface area contributed by atoms with Crippen LogP contribution in [0.2, 0.25) is 0 Å². The number of aryl methyl sites for hydroxylation is 1. The van der Waals surface area contributed by atoms with E-state index in [9.17, 15) is 9.59 Å². The summed E-state index contributed by atoms with van der Waals surface area (Å²) in [5.74, 6) is 0.441. The van der Waals surface area contributed by atoms with Crippen molar-refractivity contribution >= 4 is 17.6 Å². The van der Waals surface area contributed by atoms with E-state index < -0.39 is 5.41 Å². The van der Waals surface area contributed by atoms with Gasteiger partial charge in [-0.2, -0.15) is 0 Å². The smallest absolute Gasteiger partial charge is 0.245 e.